The lowest BCUT2D eigenvalue weighted by Crippen LogP contribution is -2.39. The molecule has 0 amide bonds. The molecular formula is C14H20ClN3O2. The molecule has 110 valence electrons. The van der Waals surface area contributed by atoms with E-state index in [9.17, 15) is 4.79 Å². The van der Waals surface area contributed by atoms with Crippen molar-refractivity contribution in [2.75, 3.05) is 27.7 Å². The fraction of sp³-hybridized carbons (Fsp3) is 0.429. The van der Waals surface area contributed by atoms with E-state index in [0.29, 0.717) is 30.5 Å². The molecule has 20 heavy (non-hydrogen) atoms. The molecule has 6 heteroatoms. The van der Waals surface area contributed by atoms with Crippen LogP contribution in [0.2, 0.25) is 5.02 Å². The van der Waals surface area contributed by atoms with Crippen LogP contribution >= 0.6 is 11.6 Å². The van der Waals surface area contributed by atoms with Crippen molar-refractivity contribution in [2.45, 2.75) is 13.0 Å². The highest BCUT2D eigenvalue weighted by atomic mass is 35.5. The van der Waals surface area contributed by atoms with E-state index in [1.165, 1.54) is 7.11 Å². The van der Waals surface area contributed by atoms with E-state index >= 15 is 0 Å². The molecule has 0 heterocycles. The predicted octanol–water partition coefficient (Wildman–Crippen LogP) is 1.91. The monoisotopic (exact) mass is 297 g/mol. The number of esters is 1. The molecule has 1 aromatic rings. The average Bonchev–Trinajstić information content (AvgIpc) is 2.43. The Balaban J connectivity index is 2.51. The molecule has 0 spiro atoms. The zero-order valence-corrected chi connectivity index (χ0v) is 12.8. The maximum absolute atomic E-state index is 11.0. The van der Waals surface area contributed by atoms with E-state index in [1.807, 2.05) is 36.2 Å². The van der Waals surface area contributed by atoms with E-state index in [0.717, 1.165) is 5.56 Å². The summed E-state index contributed by atoms with van der Waals surface area (Å²) in [7, 11) is 5.01. The highest BCUT2D eigenvalue weighted by Gasteiger charge is 2.07. The summed E-state index contributed by atoms with van der Waals surface area (Å²) < 4.78 is 4.59. The number of guanidine groups is 1. The molecule has 0 fully saturated rings. The molecule has 1 rings (SSSR count). The lowest BCUT2D eigenvalue weighted by Gasteiger charge is -2.22. The molecule has 0 bridgehead atoms. The van der Waals surface area contributed by atoms with Gasteiger partial charge in [0, 0.05) is 32.2 Å². The average molecular weight is 298 g/mol. The minimum atomic E-state index is -0.245. The van der Waals surface area contributed by atoms with Crippen LogP contribution in [0, 0.1) is 0 Å². The van der Waals surface area contributed by atoms with E-state index in [2.05, 4.69) is 15.0 Å². The first-order valence-corrected chi connectivity index (χ1v) is 6.67. The second kappa shape index (κ2) is 8.43. The number of nitrogens with one attached hydrogen (secondary N) is 1. The molecule has 0 atom stereocenters. The summed E-state index contributed by atoms with van der Waals surface area (Å²) in [4.78, 5) is 17.2. The Hall–Kier alpha value is -1.75. The third-order valence-corrected chi connectivity index (χ3v) is 2.96. The second-order valence-electron chi connectivity index (χ2n) is 4.29. The first-order chi connectivity index (χ1) is 9.56. The van der Waals surface area contributed by atoms with Crippen molar-refractivity contribution in [2.24, 2.45) is 4.99 Å². The minimum absolute atomic E-state index is 0.245. The zero-order valence-electron chi connectivity index (χ0n) is 12.0. The maximum Gasteiger partial charge on any atom is 0.307 e. The second-order valence-corrected chi connectivity index (χ2v) is 4.72. The van der Waals surface area contributed by atoms with Gasteiger partial charge >= 0.3 is 5.97 Å². The highest BCUT2D eigenvalue weighted by molar-refractivity contribution is 6.30. The summed E-state index contributed by atoms with van der Waals surface area (Å²) in [6, 6.07) is 7.68. The number of carbonyl (C=O) groups is 1. The van der Waals surface area contributed by atoms with Crippen LogP contribution in [0.4, 0.5) is 0 Å². The summed E-state index contributed by atoms with van der Waals surface area (Å²) in [5.74, 6) is 0.472. The van der Waals surface area contributed by atoms with E-state index in [1.54, 1.807) is 7.05 Å². The maximum atomic E-state index is 11.0. The SMILES string of the molecule is CN=C(NCCC(=O)OC)N(C)Cc1cccc(Cl)c1. The van der Waals surface area contributed by atoms with E-state index in [-0.39, 0.29) is 5.97 Å². The van der Waals surface area contributed by atoms with Crippen molar-refractivity contribution < 1.29 is 9.53 Å². The lowest BCUT2D eigenvalue weighted by molar-refractivity contribution is -0.140. The van der Waals surface area contributed by atoms with Gasteiger partial charge in [-0.2, -0.15) is 0 Å². The third kappa shape index (κ3) is 5.48. The van der Waals surface area contributed by atoms with Crippen molar-refractivity contribution in [3.05, 3.63) is 34.9 Å². The summed E-state index contributed by atoms with van der Waals surface area (Å²) in [5.41, 5.74) is 1.09. The summed E-state index contributed by atoms with van der Waals surface area (Å²) in [6.45, 7) is 1.16. The van der Waals surface area contributed by atoms with E-state index in [4.69, 9.17) is 11.6 Å². The largest absolute Gasteiger partial charge is 0.469 e. The van der Waals surface area contributed by atoms with Gasteiger partial charge in [-0.15, -0.1) is 0 Å². The fourth-order valence-electron chi connectivity index (χ4n) is 1.75. The molecule has 0 radical (unpaired) electrons. The molecule has 0 saturated heterocycles. The lowest BCUT2D eigenvalue weighted by atomic mass is 10.2. The molecule has 0 aliphatic heterocycles. The number of methoxy groups -OCH3 is 1. The quantitative estimate of drug-likeness (QED) is 0.512. The van der Waals surface area contributed by atoms with Crippen molar-refractivity contribution in [1.82, 2.24) is 10.2 Å². The Kier molecular flexibility index (Phi) is 6.87. The van der Waals surface area contributed by atoms with Gasteiger partial charge < -0.3 is 15.0 Å². The molecule has 1 N–H and O–H groups in total. The Morgan fingerprint density at radius 2 is 2.25 bits per heavy atom. The topological polar surface area (TPSA) is 53.9 Å². The van der Waals surface area contributed by atoms with Crippen molar-refractivity contribution >= 4 is 23.5 Å². The molecule has 0 saturated carbocycles. The first kappa shape index (κ1) is 16.3. The summed E-state index contributed by atoms with van der Waals surface area (Å²) in [6.07, 6.45) is 0.306. The van der Waals surface area contributed by atoms with Crippen LogP contribution in [0.15, 0.2) is 29.3 Å². The number of ether oxygens (including phenoxy) is 1. The van der Waals surface area contributed by atoms with Gasteiger partial charge in [-0.3, -0.25) is 9.79 Å². The molecule has 0 aliphatic rings. The van der Waals surface area contributed by atoms with Gasteiger partial charge in [-0.1, -0.05) is 23.7 Å². The van der Waals surface area contributed by atoms with Gasteiger partial charge in [0.05, 0.1) is 13.5 Å². The molecule has 1 aromatic carbocycles. The molecule has 0 aromatic heterocycles. The van der Waals surface area contributed by atoms with Crippen LogP contribution in [0.5, 0.6) is 0 Å². The van der Waals surface area contributed by atoms with Crippen LogP contribution in [0.25, 0.3) is 0 Å². The van der Waals surface area contributed by atoms with Gasteiger partial charge in [0.25, 0.3) is 0 Å². The number of hydrogen-bond acceptors (Lipinski definition) is 3. The van der Waals surface area contributed by atoms with Crippen LogP contribution in [-0.4, -0.2) is 44.6 Å². The number of halogens is 1. The van der Waals surface area contributed by atoms with Crippen LogP contribution in [0.3, 0.4) is 0 Å². The predicted molar refractivity (Wildman–Crippen MR) is 80.9 cm³/mol. The van der Waals surface area contributed by atoms with Gasteiger partial charge in [0.2, 0.25) is 0 Å². The summed E-state index contributed by atoms with van der Waals surface area (Å²) in [5, 5.41) is 3.82. The number of hydrogen-bond donors (Lipinski definition) is 1. The molecule has 5 nitrogen and oxygen atoms in total. The summed E-state index contributed by atoms with van der Waals surface area (Å²) >= 11 is 5.96. The van der Waals surface area contributed by atoms with Crippen molar-refractivity contribution in [1.29, 1.82) is 0 Å². The number of aliphatic imine (C=N–C) groups is 1. The fourth-order valence-corrected chi connectivity index (χ4v) is 1.96. The smallest absolute Gasteiger partial charge is 0.307 e. The van der Waals surface area contributed by atoms with Crippen molar-refractivity contribution in [3.8, 4) is 0 Å². The Labute approximate surface area is 124 Å². The minimum Gasteiger partial charge on any atom is -0.469 e. The Morgan fingerprint density at radius 3 is 2.85 bits per heavy atom. The molecular weight excluding hydrogens is 278 g/mol. The third-order valence-electron chi connectivity index (χ3n) is 2.72. The molecule has 0 aliphatic carbocycles. The van der Waals surface area contributed by atoms with Gasteiger partial charge in [-0.05, 0) is 17.7 Å². The van der Waals surface area contributed by atoms with Gasteiger partial charge in [0.15, 0.2) is 5.96 Å². The highest BCUT2D eigenvalue weighted by Crippen LogP contribution is 2.12. The van der Waals surface area contributed by atoms with Gasteiger partial charge in [0.1, 0.15) is 0 Å². The number of carbonyl (C=O) groups excluding carboxylic acids is 1. The van der Waals surface area contributed by atoms with Crippen molar-refractivity contribution in [3.63, 3.8) is 0 Å². The Morgan fingerprint density at radius 1 is 1.50 bits per heavy atom. The van der Waals surface area contributed by atoms with Crippen LogP contribution in [-0.2, 0) is 16.1 Å². The Bertz CT molecular complexity index is 477. The molecule has 0 unspecified atom stereocenters. The van der Waals surface area contributed by atoms with Crippen LogP contribution < -0.4 is 5.32 Å². The van der Waals surface area contributed by atoms with E-state index < -0.39 is 0 Å². The number of benzene rings is 1. The number of rotatable bonds is 5. The van der Waals surface area contributed by atoms with Gasteiger partial charge in [-0.25, -0.2) is 0 Å². The zero-order chi connectivity index (χ0) is 15.0. The van der Waals surface area contributed by atoms with Crippen LogP contribution in [0.1, 0.15) is 12.0 Å². The first-order valence-electron chi connectivity index (χ1n) is 6.30. The normalized spacial score (nSPS) is 11.1. The standard InChI is InChI=1S/C14H20ClN3O2/c1-16-14(17-8-7-13(19)20-3)18(2)10-11-5-4-6-12(15)9-11/h4-6,9H,7-8,10H2,1-3H3,(H,16,17). The number of nitrogens with zero attached hydrogens (tertiary/aromatic N) is 2.